The van der Waals surface area contributed by atoms with Gasteiger partial charge in [0, 0.05) is 29.0 Å². The fourth-order valence-corrected chi connectivity index (χ4v) is 3.03. The third-order valence-corrected chi connectivity index (χ3v) is 4.55. The van der Waals surface area contributed by atoms with Crippen molar-refractivity contribution >= 4 is 39.9 Å². The van der Waals surface area contributed by atoms with Gasteiger partial charge in [0.25, 0.3) is 0 Å². The van der Waals surface area contributed by atoms with E-state index in [1.165, 1.54) is 5.56 Å². The van der Waals surface area contributed by atoms with E-state index in [0.717, 1.165) is 28.1 Å². The van der Waals surface area contributed by atoms with Crippen molar-refractivity contribution in [3.8, 4) is 0 Å². The van der Waals surface area contributed by atoms with Crippen LogP contribution in [0.2, 0.25) is 5.02 Å². The highest BCUT2D eigenvalue weighted by atomic mass is 79.9. The number of fused-ring (bicyclic) bond motifs is 3. The van der Waals surface area contributed by atoms with Gasteiger partial charge in [-0.25, -0.2) is 0 Å². The van der Waals surface area contributed by atoms with E-state index in [2.05, 4.69) is 27.3 Å². The molecular formula is C11H12BrCl2NO. The summed E-state index contributed by atoms with van der Waals surface area (Å²) in [5, 5.41) is 4.16. The summed E-state index contributed by atoms with van der Waals surface area (Å²) in [6.07, 6.45) is 0.328. The Hall–Kier alpha value is 0.200. The average Bonchev–Trinajstić information content (AvgIpc) is 2.71. The van der Waals surface area contributed by atoms with Crippen molar-refractivity contribution in [1.29, 1.82) is 0 Å². The lowest BCUT2D eigenvalue weighted by Gasteiger charge is -2.28. The van der Waals surface area contributed by atoms with Crippen LogP contribution in [0, 0.1) is 0 Å². The summed E-state index contributed by atoms with van der Waals surface area (Å²) in [7, 11) is 0. The van der Waals surface area contributed by atoms with Crippen molar-refractivity contribution in [2.45, 2.75) is 18.6 Å². The van der Waals surface area contributed by atoms with Gasteiger partial charge < -0.3 is 10.1 Å². The lowest BCUT2D eigenvalue weighted by atomic mass is 9.90. The zero-order valence-corrected chi connectivity index (χ0v) is 11.7. The molecule has 88 valence electrons. The molecule has 2 aliphatic heterocycles. The summed E-state index contributed by atoms with van der Waals surface area (Å²) >= 11 is 9.70. The Morgan fingerprint density at radius 1 is 1.38 bits per heavy atom. The smallest absolute Gasteiger partial charge is 0.0784 e. The highest BCUT2D eigenvalue weighted by molar-refractivity contribution is 9.10. The number of benzene rings is 1. The van der Waals surface area contributed by atoms with Crippen LogP contribution in [-0.2, 0) is 11.3 Å². The Bertz CT molecular complexity index is 413. The van der Waals surface area contributed by atoms with Gasteiger partial charge >= 0.3 is 0 Å². The first-order valence-electron chi connectivity index (χ1n) is 5.06. The lowest BCUT2D eigenvalue weighted by Crippen LogP contribution is -2.27. The van der Waals surface area contributed by atoms with Crippen LogP contribution in [-0.4, -0.2) is 19.2 Å². The molecule has 1 N–H and O–H groups in total. The monoisotopic (exact) mass is 323 g/mol. The predicted molar refractivity (Wildman–Crippen MR) is 70.6 cm³/mol. The molecule has 2 heterocycles. The van der Waals surface area contributed by atoms with E-state index in [0.29, 0.717) is 18.6 Å². The molecule has 0 spiro atoms. The standard InChI is InChI=1S/C11H11BrClNO.ClH/c12-9-2-1-6-7-3-14-4-10(7)15-5-8(6)11(9)13;/h1-2,7,10,14H,3-5H2;1H/t7-,10+;/m0./s1. The SMILES string of the molecule is Cl.Clc1c(Br)ccc2c1CO[C@@H]1CNC[C@@H]21. The number of halogens is 3. The molecule has 2 aliphatic rings. The molecule has 3 rings (SSSR count). The zero-order chi connectivity index (χ0) is 10.4. The summed E-state index contributed by atoms with van der Waals surface area (Å²) in [6, 6.07) is 4.19. The fourth-order valence-electron chi connectivity index (χ4n) is 2.43. The molecule has 0 aromatic heterocycles. The molecule has 0 aliphatic carbocycles. The van der Waals surface area contributed by atoms with Crippen LogP contribution in [0.25, 0.3) is 0 Å². The highest BCUT2D eigenvalue weighted by Crippen LogP contribution is 2.39. The molecule has 5 heteroatoms. The topological polar surface area (TPSA) is 21.3 Å². The number of hydrogen-bond acceptors (Lipinski definition) is 2. The van der Waals surface area contributed by atoms with Gasteiger partial charge in [-0.05, 0) is 27.6 Å². The first kappa shape index (κ1) is 12.7. The number of hydrogen-bond donors (Lipinski definition) is 1. The molecule has 1 aromatic rings. The molecule has 1 saturated heterocycles. The van der Waals surface area contributed by atoms with Crippen LogP contribution in [0.15, 0.2) is 16.6 Å². The quantitative estimate of drug-likeness (QED) is 0.791. The Balaban J connectivity index is 0.000000963. The lowest BCUT2D eigenvalue weighted by molar-refractivity contribution is 0.0299. The number of nitrogens with one attached hydrogen (secondary N) is 1. The molecule has 2 atom stereocenters. The summed E-state index contributed by atoms with van der Waals surface area (Å²) in [5.74, 6) is 0.472. The van der Waals surface area contributed by atoms with Crippen molar-refractivity contribution in [3.63, 3.8) is 0 Å². The van der Waals surface area contributed by atoms with Crippen LogP contribution in [0.5, 0.6) is 0 Å². The van der Waals surface area contributed by atoms with E-state index >= 15 is 0 Å². The second-order valence-electron chi connectivity index (χ2n) is 4.04. The van der Waals surface area contributed by atoms with E-state index in [1.54, 1.807) is 0 Å². The molecule has 16 heavy (non-hydrogen) atoms. The average molecular weight is 325 g/mol. The van der Waals surface area contributed by atoms with Crippen LogP contribution < -0.4 is 5.32 Å². The minimum absolute atomic E-state index is 0. The molecule has 0 amide bonds. The Labute approximate surface area is 114 Å². The molecule has 0 radical (unpaired) electrons. The first-order valence-corrected chi connectivity index (χ1v) is 6.23. The second-order valence-corrected chi connectivity index (χ2v) is 5.28. The second kappa shape index (κ2) is 4.83. The Morgan fingerprint density at radius 3 is 3.00 bits per heavy atom. The summed E-state index contributed by atoms with van der Waals surface area (Å²) in [6.45, 7) is 2.59. The third kappa shape index (κ3) is 1.89. The van der Waals surface area contributed by atoms with Crippen LogP contribution in [0.3, 0.4) is 0 Å². The fraction of sp³-hybridized carbons (Fsp3) is 0.455. The van der Waals surface area contributed by atoms with Gasteiger partial charge in [-0.2, -0.15) is 0 Å². The van der Waals surface area contributed by atoms with Gasteiger partial charge in [0.05, 0.1) is 17.7 Å². The van der Waals surface area contributed by atoms with E-state index in [1.807, 2.05) is 6.07 Å². The van der Waals surface area contributed by atoms with Crippen molar-refractivity contribution in [2.75, 3.05) is 13.1 Å². The molecule has 1 aromatic carbocycles. The van der Waals surface area contributed by atoms with Crippen molar-refractivity contribution in [2.24, 2.45) is 0 Å². The third-order valence-electron chi connectivity index (χ3n) is 3.23. The summed E-state index contributed by atoms with van der Waals surface area (Å²) in [4.78, 5) is 0. The van der Waals surface area contributed by atoms with E-state index < -0.39 is 0 Å². The molecule has 0 bridgehead atoms. The molecule has 1 fully saturated rings. The number of rotatable bonds is 0. The van der Waals surface area contributed by atoms with Gasteiger partial charge in [0.15, 0.2) is 0 Å². The van der Waals surface area contributed by atoms with Gasteiger partial charge in [-0.15, -0.1) is 12.4 Å². The molecule has 0 saturated carbocycles. The van der Waals surface area contributed by atoms with Gasteiger partial charge in [0.1, 0.15) is 0 Å². The predicted octanol–water partition coefficient (Wildman–Crippen LogP) is 3.11. The minimum Gasteiger partial charge on any atom is -0.371 e. The van der Waals surface area contributed by atoms with Gasteiger partial charge in [-0.3, -0.25) is 0 Å². The molecule has 0 unspecified atom stereocenters. The van der Waals surface area contributed by atoms with Crippen LogP contribution >= 0.6 is 39.9 Å². The molecule has 2 nitrogen and oxygen atoms in total. The Morgan fingerprint density at radius 2 is 2.19 bits per heavy atom. The van der Waals surface area contributed by atoms with Crippen molar-refractivity contribution in [3.05, 3.63) is 32.8 Å². The normalized spacial score (nSPS) is 26.9. The maximum Gasteiger partial charge on any atom is 0.0784 e. The minimum atomic E-state index is 0. The zero-order valence-electron chi connectivity index (χ0n) is 8.50. The van der Waals surface area contributed by atoms with Crippen LogP contribution in [0.4, 0.5) is 0 Å². The van der Waals surface area contributed by atoms with E-state index in [9.17, 15) is 0 Å². The number of ether oxygens (including phenoxy) is 1. The van der Waals surface area contributed by atoms with Gasteiger partial charge in [0.2, 0.25) is 0 Å². The van der Waals surface area contributed by atoms with E-state index in [4.69, 9.17) is 16.3 Å². The maximum absolute atomic E-state index is 6.25. The van der Waals surface area contributed by atoms with E-state index in [-0.39, 0.29) is 12.4 Å². The largest absolute Gasteiger partial charge is 0.371 e. The van der Waals surface area contributed by atoms with Gasteiger partial charge in [-0.1, -0.05) is 17.7 Å². The maximum atomic E-state index is 6.25. The molecular weight excluding hydrogens is 313 g/mol. The summed E-state index contributed by atoms with van der Waals surface area (Å²) in [5.41, 5.74) is 2.50. The highest BCUT2D eigenvalue weighted by Gasteiger charge is 2.35. The first-order chi connectivity index (χ1) is 7.27. The Kier molecular flexibility index (Phi) is 3.82. The van der Waals surface area contributed by atoms with Crippen molar-refractivity contribution < 1.29 is 4.74 Å². The van der Waals surface area contributed by atoms with Crippen molar-refractivity contribution in [1.82, 2.24) is 5.32 Å². The van der Waals surface area contributed by atoms with Crippen LogP contribution in [0.1, 0.15) is 17.0 Å². The summed E-state index contributed by atoms with van der Waals surface area (Å²) < 4.78 is 6.75.